The molecule has 0 atom stereocenters. The Bertz CT molecular complexity index is 826. The maximum absolute atomic E-state index is 12.2. The number of anilines is 1. The van der Waals surface area contributed by atoms with Crippen LogP contribution in [0.4, 0.5) is 5.69 Å². The van der Waals surface area contributed by atoms with Crippen LogP contribution >= 0.6 is 0 Å². The Morgan fingerprint density at radius 2 is 2.05 bits per heavy atom. The second-order valence-corrected chi connectivity index (χ2v) is 6.76. The highest BCUT2D eigenvalue weighted by Gasteiger charge is 2.11. The molecular formula is C14H17N3O3S. The van der Waals surface area contributed by atoms with Crippen LogP contribution in [-0.2, 0) is 17.1 Å². The van der Waals surface area contributed by atoms with E-state index in [4.69, 9.17) is 0 Å². The summed E-state index contributed by atoms with van der Waals surface area (Å²) < 4.78 is 27.2. The van der Waals surface area contributed by atoms with Gasteiger partial charge in [0.2, 0.25) is 15.5 Å². The van der Waals surface area contributed by atoms with Crippen molar-refractivity contribution in [3.05, 3.63) is 46.2 Å². The van der Waals surface area contributed by atoms with Gasteiger partial charge in [0, 0.05) is 30.1 Å². The molecule has 0 fully saturated rings. The van der Waals surface area contributed by atoms with Crippen LogP contribution in [0, 0.1) is 6.92 Å². The average molecular weight is 307 g/mol. The molecule has 0 spiro atoms. The molecule has 2 rings (SSSR count). The lowest BCUT2D eigenvalue weighted by molar-refractivity contribution is 0.602. The molecule has 0 radical (unpaired) electrons. The van der Waals surface area contributed by atoms with E-state index in [0.717, 1.165) is 0 Å². The first-order chi connectivity index (χ1) is 9.82. The molecule has 1 aromatic heterocycles. The van der Waals surface area contributed by atoms with Gasteiger partial charge < -0.3 is 0 Å². The third-order valence-corrected chi connectivity index (χ3v) is 4.31. The smallest absolute Gasteiger partial charge is 0.232 e. The molecule has 0 saturated heterocycles. The second-order valence-electron chi connectivity index (χ2n) is 4.75. The van der Waals surface area contributed by atoms with Gasteiger partial charge in [0.25, 0.3) is 0 Å². The van der Waals surface area contributed by atoms with Gasteiger partial charge in [-0.15, -0.1) is 0 Å². The van der Waals surface area contributed by atoms with E-state index in [1.54, 1.807) is 56.0 Å². The molecule has 0 aliphatic heterocycles. The van der Waals surface area contributed by atoms with Crippen LogP contribution in [-0.4, -0.2) is 24.0 Å². The zero-order valence-corrected chi connectivity index (χ0v) is 12.9. The van der Waals surface area contributed by atoms with Gasteiger partial charge in [-0.05, 0) is 26.0 Å². The Hall–Kier alpha value is -2.15. The van der Waals surface area contributed by atoms with Crippen LogP contribution < -0.4 is 10.2 Å². The minimum atomic E-state index is -3.35. The zero-order valence-electron chi connectivity index (χ0n) is 12.1. The fourth-order valence-electron chi connectivity index (χ4n) is 1.93. The van der Waals surface area contributed by atoms with Gasteiger partial charge in [-0.3, -0.25) is 14.2 Å². The number of sulfonamides is 1. The Balaban J connectivity index is 2.50. The van der Waals surface area contributed by atoms with Crippen molar-refractivity contribution in [3.63, 3.8) is 0 Å². The summed E-state index contributed by atoms with van der Waals surface area (Å²) in [4.78, 5) is 12.2. The third-order valence-electron chi connectivity index (χ3n) is 3.00. The van der Waals surface area contributed by atoms with Gasteiger partial charge in [0.1, 0.15) is 5.69 Å². The highest BCUT2D eigenvalue weighted by molar-refractivity contribution is 7.92. The van der Waals surface area contributed by atoms with Crippen LogP contribution in [0.15, 0.2) is 35.3 Å². The summed E-state index contributed by atoms with van der Waals surface area (Å²) in [6, 6.07) is 6.66. The second kappa shape index (κ2) is 5.69. The minimum Gasteiger partial charge on any atom is -0.287 e. The number of aryl methyl sites for hydroxylation is 2. The van der Waals surface area contributed by atoms with Crippen LogP contribution in [0.2, 0.25) is 0 Å². The van der Waals surface area contributed by atoms with Crippen molar-refractivity contribution in [1.82, 2.24) is 9.78 Å². The van der Waals surface area contributed by atoms with Crippen molar-refractivity contribution in [2.75, 3.05) is 10.5 Å². The van der Waals surface area contributed by atoms with E-state index in [2.05, 4.69) is 9.82 Å². The lowest BCUT2D eigenvalue weighted by Gasteiger charge is -2.09. The summed E-state index contributed by atoms with van der Waals surface area (Å²) >= 11 is 0. The van der Waals surface area contributed by atoms with Gasteiger partial charge in [0.05, 0.1) is 5.75 Å². The van der Waals surface area contributed by atoms with E-state index in [-0.39, 0.29) is 11.2 Å². The van der Waals surface area contributed by atoms with Crippen LogP contribution in [0.1, 0.15) is 12.5 Å². The lowest BCUT2D eigenvalue weighted by Crippen LogP contribution is -2.16. The number of aromatic nitrogens is 2. The quantitative estimate of drug-likeness (QED) is 0.928. The molecule has 1 heterocycles. The van der Waals surface area contributed by atoms with E-state index in [0.29, 0.717) is 22.5 Å². The molecular weight excluding hydrogens is 290 g/mol. The summed E-state index contributed by atoms with van der Waals surface area (Å²) in [5.41, 5.74) is 1.72. The topological polar surface area (TPSA) is 81.1 Å². The van der Waals surface area contributed by atoms with E-state index >= 15 is 0 Å². The number of hydrogen-bond donors (Lipinski definition) is 1. The molecule has 0 bridgehead atoms. The molecule has 0 unspecified atom stereocenters. The summed E-state index contributed by atoms with van der Waals surface area (Å²) in [6.45, 7) is 3.28. The first-order valence-electron chi connectivity index (χ1n) is 6.48. The molecule has 0 aliphatic carbocycles. The summed E-state index contributed by atoms with van der Waals surface area (Å²) in [7, 11) is -1.62. The van der Waals surface area contributed by atoms with Gasteiger partial charge in [-0.25, -0.2) is 8.42 Å². The largest absolute Gasteiger partial charge is 0.287 e. The zero-order chi connectivity index (χ0) is 15.6. The highest BCUT2D eigenvalue weighted by Crippen LogP contribution is 2.19. The Labute approximate surface area is 123 Å². The molecule has 7 heteroatoms. The van der Waals surface area contributed by atoms with E-state index < -0.39 is 10.0 Å². The molecule has 1 aromatic carbocycles. The molecule has 0 aliphatic rings. The molecule has 2 aromatic rings. The van der Waals surface area contributed by atoms with Crippen LogP contribution in [0.3, 0.4) is 0 Å². The first kappa shape index (κ1) is 15.2. The van der Waals surface area contributed by atoms with Crippen molar-refractivity contribution in [2.45, 2.75) is 13.8 Å². The fraction of sp³-hybridized carbons (Fsp3) is 0.286. The maximum Gasteiger partial charge on any atom is 0.232 e. The van der Waals surface area contributed by atoms with Crippen LogP contribution in [0.25, 0.3) is 11.3 Å². The van der Waals surface area contributed by atoms with Gasteiger partial charge in [0.15, 0.2) is 0 Å². The summed E-state index contributed by atoms with van der Waals surface area (Å²) in [5, 5.41) is 4.19. The Morgan fingerprint density at radius 3 is 2.71 bits per heavy atom. The van der Waals surface area contributed by atoms with E-state index in [1.165, 1.54) is 0 Å². The van der Waals surface area contributed by atoms with Gasteiger partial charge >= 0.3 is 0 Å². The summed E-state index contributed by atoms with van der Waals surface area (Å²) in [6.07, 6.45) is 1.65. The van der Waals surface area contributed by atoms with Crippen molar-refractivity contribution < 1.29 is 8.42 Å². The number of benzene rings is 1. The maximum atomic E-state index is 12.2. The van der Waals surface area contributed by atoms with Gasteiger partial charge in [-0.1, -0.05) is 12.1 Å². The lowest BCUT2D eigenvalue weighted by atomic mass is 10.1. The fourth-order valence-corrected chi connectivity index (χ4v) is 2.56. The molecule has 0 amide bonds. The van der Waals surface area contributed by atoms with Crippen molar-refractivity contribution in [2.24, 2.45) is 7.05 Å². The van der Waals surface area contributed by atoms with Crippen molar-refractivity contribution in [3.8, 4) is 11.3 Å². The Kier molecular flexibility index (Phi) is 4.13. The number of nitrogens with one attached hydrogen (secondary N) is 1. The first-order valence-corrected chi connectivity index (χ1v) is 8.13. The normalized spacial score (nSPS) is 11.4. The summed E-state index contributed by atoms with van der Waals surface area (Å²) in [5.74, 6) is -0.0122. The molecule has 0 saturated carbocycles. The van der Waals surface area contributed by atoms with Crippen molar-refractivity contribution >= 4 is 15.7 Å². The predicted molar refractivity (Wildman–Crippen MR) is 82.7 cm³/mol. The highest BCUT2D eigenvalue weighted by atomic mass is 32.2. The predicted octanol–water partition coefficient (Wildman–Crippen LogP) is 1.52. The number of rotatable bonds is 4. The Morgan fingerprint density at radius 1 is 1.33 bits per heavy atom. The monoisotopic (exact) mass is 307 g/mol. The molecule has 112 valence electrons. The standard InChI is InChI=1S/C14H17N3O3S/c1-4-21(19,20)16-12-7-5-6-11(8-12)13-14(18)10(2)9-17(3)15-13/h5-9,16H,4H2,1-3H3. The molecule has 6 nitrogen and oxygen atoms in total. The SMILES string of the molecule is CCS(=O)(=O)Nc1cccc(-c2nn(C)cc(C)c2=O)c1. The molecule has 21 heavy (non-hydrogen) atoms. The van der Waals surface area contributed by atoms with E-state index in [1.807, 2.05) is 0 Å². The average Bonchev–Trinajstić information content (AvgIpc) is 2.42. The van der Waals surface area contributed by atoms with Crippen LogP contribution in [0.5, 0.6) is 0 Å². The molecule has 1 N–H and O–H groups in total. The van der Waals surface area contributed by atoms with E-state index in [9.17, 15) is 13.2 Å². The third kappa shape index (κ3) is 3.49. The minimum absolute atomic E-state index is 0.0122. The van der Waals surface area contributed by atoms with Gasteiger partial charge in [-0.2, -0.15) is 5.10 Å². The van der Waals surface area contributed by atoms with Crippen molar-refractivity contribution in [1.29, 1.82) is 0 Å². The number of hydrogen-bond acceptors (Lipinski definition) is 4. The number of nitrogens with zero attached hydrogens (tertiary/aromatic N) is 2.